The fourth-order valence-corrected chi connectivity index (χ4v) is 0. The molecule has 0 aromatic carbocycles. The monoisotopic (exact) mass is 81.1 g/mol. The largest absolute Gasteiger partial charge is 0.366 e. The van der Waals surface area contributed by atoms with E-state index < -0.39 is 5.91 Å². The topological polar surface area (TPSA) is 43.1 Å². The highest BCUT2D eigenvalue weighted by Gasteiger charge is 1.69. The molecule has 0 heterocycles. The second-order valence-corrected chi connectivity index (χ2v) is 0.606. The molecule has 2 N–H and O–H groups in total. The third-order valence-corrected chi connectivity index (χ3v) is 0.201. The minimum atomic E-state index is -0.481. The van der Waals surface area contributed by atoms with Crippen LogP contribution in [0.15, 0.2) is 12.7 Å². The van der Waals surface area contributed by atoms with Crippen molar-refractivity contribution in [3.63, 3.8) is 0 Å². The van der Waals surface area contributed by atoms with Gasteiger partial charge in [-0.2, -0.15) is 0 Å². The van der Waals surface area contributed by atoms with Gasteiger partial charge in [-0.1, -0.05) is 14.0 Å². The first-order valence-electron chi connectivity index (χ1n) is 1.19. The van der Waals surface area contributed by atoms with Crippen LogP contribution in [0.25, 0.3) is 0 Å². The van der Waals surface area contributed by atoms with Gasteiger partial charge in [-0.15, -0.1) is 0 Å². The first kappa shape index (κ1) is 8.96. The van der Waals surface area contributed by atoms with Crippen molar-refractivity contribution >= 4 is 5.91 Å². The van der Waals surface area contributed by atoms with Crippen LogP contribution in [0, 0.1) is 0 Å². The van der Waals surface area contributed by atoms with E-state index in [2.05, 4.69) is 12.3 Å². The van der Waals surface area contributed by atoms with Crippen molar-refractivity contribution in [2.75, 3.05) is 0 Å². The van der Waals surface area contributed by atoms with Gasteiger partial charge in [-0.3, -0.25) is 4.79 Å². The Hall–Kier alpha value is -0.790. The van der Waals surface area contributed by atoms with Crippen LogP contribution >= 0.6 is 0 Å². The molecular formula is C4H9NO. The van der Waals surface area contributed by atoms with Crippen molar-refractivity contribution in [1.82, 2.24) is 0 Å². The van der Waals surface area contributed by atoms with E-state index in [4.69, 9.17) is 0 Å². The molecule has 0 saturated heterocycles. The molecule has 0 rings (SSSR count). The molecule has 2 heteroatoms. The maximum absolute atomic E-state index is 9.47. The van der Waals surface area contributed by atoms with Gasteiger partial charge < -0.3 is 5.73 Å². The van der Waals surface area contributed by atoms with E-state index in [0.29, 0.717) is 0 Å². The van der Waals surface area contributed by atoms with Gasteiger partial charge in [0.05, 0.1) is 0 Å². The van der Waals surface area contributed by atoms with Crippen molar-refractivity contribution in [2.24, 2.45) is 5.73 Å². The Morgan fingerprint density at radius 2 is 2.00 bits per heavy atom. The SMILES string of the molecule is C=CC(N)=O.[6CH4]. The van der Waals surface area contributed by atoms with Gasteiger partial charge in [0, 0.05) is 0 Å². The molecule has 0 radical (unpaired) electrons. The average Bonchev–Trinajstić information content (AvgIpc) is 1.38. The maximum atomic E-state index is 9.47. The first-order chi connectivity index (χ1) is 2.27. The Kier molecular flexibility index (Phi) is 6.29. The fourth-order valence-electron chi connectivity index (χ4n) is 0. The predicted octanol–water partition coefficient (Wildman–Crippen LogP) is 0.294. The Balaban J connectivity index is 0. The van der Waals surface area contributed by atoms with Gasteiger partial charge >= 0.3 is 0 Å². The normalized spacial score (nSPS) is 5.33. The number of hydrogen-bond donors (Lipinski definition) is 1. The Bertz CT molecular complexity index is 58.6. The predicted molar refractivity (Wildman–Crippen MR) is 26.1 cm³/mol. The lowest BCUT2D eigenvalue weighted by Gasteiger charge is -1.65. The molecule has 2 nitrogen and oxygen atoms in total. The number of nitrogens with two attached hydrogens (primary N) is 1. The van der Waals surface area contributed by atoms with Crippen LogP contribution in [0.5, 0.6) is 0 Å². The van der Waals surface area contributed by atoms with Crippen LogP contribution in [-0.2, 0) is 4.79 Å². The zero-order valence-corrected chi connectivity index (χ0v) is 2.77. The van der Waals surface area contributed by atoms with Gasteiger partial charge in [0.25, 0.3) is 0 Å². The number of carbonyl (C=O) groups excluding carboxylic acids is 1. The van der Waals surface area contributed by atoms with Crippen LogP contribution in [0.4, 0.5) is 0 Å². The molecule has 0 aliphatic heterocycles. The second kappa shape index (κ2) is 4.21. The summed E-state index contributed by atoms with van der Waals surface area (Å²) in [6.45, 7) is 3.09. The van der Waals surface area contributed by atoms with Gasteiger partial charge in [0.2, 0.25) is 5.91 Å². The highest BCUT2D eigenvalue weighted by atomic mass is 16.1. The summed E-state index contributed by atoms with van der Waals surface area (Å²) in [5.41, 5.74) is 4.53. The average molecular weight is 81.1 g/mol. The van der Waals surface area contributed by atoms with Crippen LogP contribution < -0.4 is 5.73 Å². The van der Waals surface area contributed by atoms with Crippen LogP contribution in [-0.4, -0.2) is 5.91 Å². The summed E-state index contributed by atoms with van der Waals surface area (Å²) in [4.78, 5) is 9.47. The zero-order chi connectivity index (χ0) is 4.28. The maximum Gasteiger partial charge on any atom is 0.240 e. The quantitative estimate of drug-likeness (QED) is 0.453. The molecule has 6 heavy (non-hydrogen) atoms. The highest BCUT2D eigenvalue weighted by Crippen LogP contribution is 1.48. The van der Waals surface area contributed by atoms with Crippen molar-refractivity contribution in [3.8, 4) is 0 Å². The second-order valence-electron chi connectivity index (χ2n) is 0.606. The molecule has 0 unspecified atom stereocenters. The summed E-state index contributed by atoms with van der Waals surface area (Å²) < 4.78 is 0. The van der Waals surface area contributed by atoms with Crippen molar-refractivity contribution in [3.05, 3.63) is 12.7 Å². The zero-order valence-electron chi connectivity index (χ0n) is 2.77. The molecule has 1 amide bonds. The third kappa shape index (κ3) is 10.7. The lowest BCUT2D eigenvalue weighted by atomic mass is 6.00. The molecule has 0 spiro atoms. The van der Waals surface area contributed by atoms with Crippen molar-refractivity contribution < 1.29 is 4.79 Å². The number of primary amides is 1. The summed E-state index contributed by atoms with van der Waals surface area (Å²) in [5, 5.41) is 0. The number of hydrogen-bond acceptors (Lipinski definition) is 1. The third-order valence-electron chi connectivity index (χ3n) is 0.201. The van der Waals surface area contributed by atoms with Crippen LogP contribution in [0.1, 0.15) is 7.43 Å². The Morgan fingerprint density at radius 1 is 1.83 bits per heavy atom. The number of rotatable bonds is 1. The smallest absolute Gasteiger partial charge is 0.240 e. The number of carbonyl (C=O) groups is 1. The molecule has 0 aliphatic carbocycles. The minimum Gasteiger partial charge on any atom is -0.366 e. The van der Waals surface area contributed by atoms with E-state index in [-0.39, 0.29) is 7.43 Å². The van der Waals surface area contributed by atoms with Crippen LogP contribution in [0.3, 0.4) is 0 Å². The summed E-state index contributed by atoms with van der Waals surface area (Å²) in [6, 6.07) is 0. The van der Waals surface area contributed by atoms with Gasteiger partial charge in [0.15, 0.2) is 0 Å². The lowest BCUT2D eigenvalue weighted by molar-refractivity contribution is -0.113. The standard InChI is InChI=1S/C3H5NO.CH4/c1-2-3(4)5;/h2H,1H2,(H2,4,5);1H4/i;1-6. The summed E-state index contributed by atoms with van der Waals surface area (Å²) >= 11 is 0. The van der Waals surface area contributed by atoms with Gasteiger partial charge in [-0.25, -0.2) is 0 Å². The van der Waals surface area contributed by atoms with E-state index in [0.717, 1.165) is 6.08 Å². The van der Waals surface area contributed by atoms with Crippen molar-refractivity contribution in [1.29, 1.82) is 0 Å². The highest BCUT2D eigenvalue weighted by molar-refractivity contribution is 5.84. The molecule has 0 bridgehead atoms. The van der Waals surface area contributed by atoms with E-state index in [1.54, 1.807) is 0 Å². The fraction of sp³-hybridized carbons (Fsp3) is 0.250. The van der Waals surface area contributed by atoms with E-state index in [1.807, 2.05) is 0 Å². The van der Waals surface area contributed by atoms with Gasteiger partial charge in [0.1, 0.15) is 0 Å². The van der Waals surface area contributed by atoms with E-state index in [1.165, 1.54) is 0 Å². The molecule has 0 aromatic heterocycles. The van der Waals surface area contributed by atoms with Gasteiger partial charge in [-0.05, 0) is 6.08 Å². The molecular weight excluding hydrogens is 72.0 g/mol. The molecule has 0 saturated carbocycles. The van der Waals surface area contributed by atoms with Crippen molar-refractivity contribution in [2.45, 2.75) is 7.43 Å². The summed E-state index contributed by atoms with van der Waals surface area (Å²) in [7, 11) is 0. The van der Waals surface area contributed by atoms with Crippen LogP contribution in [0.2, 0.25) is 0 Å². The molecule has 0 aromatic rings. The molecule has 0 aliphatic rings. The first-order valence-corrected chi connectivity index (χ1v) is 1.19. The molecule has 0 atom stereocenters. The van der Waals surface area contributed by atoms with E-state index >= 15 is 0 Å². The molecule has 36 valence electrons. The lowest BCUT2D eigenvalue weighted by Crippen LogP contribution is -2.04. The summed E-state index contributed by atoms with van der Waals surface area (Å²) in [6.07, 6.45) is 1.06. The Labute approximate surface area is 37.7 Å². The number of amides is 1. The Morgan fingerprint density at radius 3 is 2.00 bits per heavy atom. The minimum absolute atomic E-state index is 0. The molecule has 0 fully saturated rings. The summed E-state index contributed by atoms with van der Waals surface area (Å²) in [5.74, 6) is -0.481. The van der Waals surface area contributed by atoms with E-state index in [9.17, 15) is 4.79 Å².